The number of rotatable bonds is 4. The highest BCUT2D eigenvalue weighted by Crippen LogP contribution is 2.40. The minimum Gasteiger partial charge on any atom is -0.396 e. The molecule has 2 aliphatic heterocycles. The van der Waals surface area contributed by atoms with Crippen molar-refractivity contribution in [3.8, 4) is 0 Å². The van der Waals surface area contributed by atoms with Crippen LogP contribution < -0.4 is 16.6 Å². The molecule has 4 N–H and O–H groups in total. The van der Waals surface area contributed by atoms with Crippen molar-refractivity contribution >= 4 is 45.0 Å². The van der Waals surface area contributed by atoms with Crippen molar-refractivity contribution in [3.05, 3.63) is 80.2 Å². The summed E-state index contributed by atoms with van der Waals surface area (Å²) < 4.78 is 1.13. The smallest absolute Gasteiger partial charge is 0.287 e. The number of nitrogens with zero attached hydrogens (tertiary/aromatic N) is 2. The zero-order valence-corrected chi connectivity index (χ0v) is 20.5. The van der Waals surface area contributed by atoms with Crippen LogP contribution in [0.15, 0.2) is 50.7 Å². The van der Waals surface area contributed by atoms with Crippen LogP contribution in [0.5, 0.6) is 0 Å². The first-order valence-corrected chi connectivity index (χ1v) is 13.3. The summed E-state index contributed by atoms with van der Waals surface area (Å²) in [6.45, 7) is 5.31. The van der Waals surface area contributed by atoms with Gasteiger partial charge in [-0.3, -0.25) is 14.4 Å². The number of thioether (sulfide) groups is 1. The molecule has 0 radical (unpaired) electrons. The Morgan fingerprint density at radius 2 is 2.11 bits per heavy atom. The number of amides is 1. The summed E-state index contributed by atoms with van der Waals surface area (Å²) in [4.78, 5) is 47.5. The third kappa shape index (κ3) is 3.68. The molecule has 10 heteroatoms. The SMILES string of the molecule is C=C1C(=O)C(N2CCc3ccc(CNC(=O)c4nc5sc6c(c5c(=O)[nH]4)CCCS6)cc3C2)=C1N. The van der Waals surface area contributed by atoms with E-state index in [-0.39, 0.29) is 17.2 Å². The normalized spacial score (nSPS) is 17.3. The Labute approximate surface area is 209 Å². The largest absolute Gasteiger partial charge is 0.396 e. The summed E-state index contributed by atoms with van der Waals surface area (Å²) in [7, 11) is 0. The number of aryl methyl sites for hydroxylation is 1. The van der Waals surface area contributed by atoms with Gasteiger partial charge < -0.3 is 20.9 Å². The highest BCUT2D eigenvalue weighted by atomic mass is 32.2. The lowest BCUT2D eigenvalue weighted by molar-refractivity contribution is -0.115. The number of thiophene rings is 1. The minimum atomic E-state index is -0.418. The second kappa shape index (κ2) is 8.39. The lowest BCUT2D eigenvalue weighted by Crippen LogP contribution is -2.41. The molecule has 1 amide bonds. The fraction of sp³-hybridized carbons (Fsp3) is 0.280. The number of aromatic amines is 1. The summed E-state index contributed by atoms with van der Waals surface area (Å²) in [6.07, 6.45) is 2.73. The first kappa shape index (κ1) is 22.1. The van der Waals surface area contributed by atoms with Crippen LogP contribution >= 0.6 is 23.1 Å². The molecule has 0 bridgehead atoms. The van der Waals surface area contributed by atoms with Gasteiger partial charge >= 0.3 is 0 Å². The van der Waals surface area contributed by atoms with Gasteiger partial charge in [0.1, 0.15) is 10.5 Å². The van der Waals surface area contributed by atoms with Crippen LogP contribution in [0.3, 0.4) is 0 Å². The first-order chi connectivity index (χ1) is 16.9. The van der Waals surface area contributed by atoms with Gasteiger partial charge in [0.05, 0.1) is 15.3 Å². The Kier molecular flexibility index (Phi) is 5.30. The summed E-state index contributed by atoms with van der Waals surface area (Å²) in [5.41, 5.74) is 11.5. The number of carbonyl (C=O) groups excluding carboxylic acids is 2. The quantitative estimate of drug-likeness (QED) is 0.466. The number of hydrogen-bond donors (Lipinski definition) is 3. The maximum atomic E-state index is 12.8. The standard InChI is InChI=1S/C25H23N5O3S2/c1-12-18(26)19(20(12)31)30-7-6-14-5-4-13(9-15(14)11-30)10-27-23(33)21-28-22(32)17-16-3-2-8-34-25(16)35-24(17)29-21/h4-5,9H,1-3,6-8,10-11,26H2,(H,27,33)(H,28,29,32). The highest BCUT2D eigenvalue weighted by molar-refractivity contribution is 8.01. The fourth-order valence-corrected chi connectivity index (χ4v) is 7.40. The van der Waals surface area contributed by atoms with Crippen molar-refractivity contribution < 1.29 is 9.59 Å². The van der Waals surface area contributed by atoms with E-state index in [1.165, 1.54) is 16.9 Å². The molecule has 35 heavy (non-hydrogen) atoms. The van der Waals surface area contributed by atoms with E-state index in [4.69, 9.17) is 5.73 Å². The third-order valence-corrected chi connectivity index (χ3v) is 9.29. The van der Waals surface area contributed by atoms with Crippen LogP contribution in [0.2, 0.25) is 0 Å². The summed E-state index contributed by atoms with van der Waals surface area (Å²) in [5.74, 6) is 0.568. The Bertz CT molecular complexity index is 1530. The predicted octanol–water partition coefficient (Wildman–Crippen LogP) is 2.62. The Morgan fingerprint density at radius 1 is 1.26 bits per heavy atom. The van der Waals surface area contributed by atoms with E-state index in [2.05, 4.69) is 27.9 Å². The zero-order valence-electron chi connectivity index (χ0n) is 18.9. The molecule has 0 atom stereocenters. The van der Waals surface area contributed by atoms with Gasteiger partial charge in [-0.25, -0.2) is 4.98 Å². The summed E-state index contributed by atoms with van der Waals surface area (Å²) in [5, 5.41) is 3.49. The number of nitrogens with two attached hydrogens (primary N) is 1. The van der Waals surface area contributed by atoms with Crippen molar-refractivity contribution in [2.24, 2.45) is 5.73 Å². The molecule has 4 heterocycles. The number of fused-ring (bicyclic) bond motifs is 4. The number of aromatic nitrogens is 2. The van der Waals surface area contributed by atoms with E-state index < -0.39 is 5.91 Å². The van der Waals surface area contributed by atoms with Crippen LogP contribution in [0.1, 0.15) is 39.3 Å². The maximum absolute atomic E-state index is 12.8. The number of Topliss-reactive ketones (excluding diaryl/α,β-unsaturated/α-hetero) is 1. The number of ketones is 1. The Morgan fingerprint density at radius 3 is 2.94 bits per heavy atom. The van der Waals surface area contributed by atoms with Gasteiger partial charge in [-0.15, -0.1) is 23.1 Å². The second-order valence-electron chi connectivity index (χ2n) is 8.94. The maximum Gasteiger partial charge on any atom is 0.287 e. The third-order valence-electron chi connectivity index (χ3n) is 6.76. The van der Waals surface area contributed by atoms with Gasteiger partial charge in [-0.05, 0) is 47.3 Å². The van der Waals surface area contributed by atoms with Crippen molar-refractivity contribution in [2.45, 2.75) is 36.6 Å². The topological polar surface area (TPSA) is 121 Å². The zero-order chi connectivity index (χ0) is 24.3. The molecule has 1 aromatic carbocycles. The number of H-pyrrole nitrogens is 1. The number of allylic oxidation sites excluding steroid dienone is 2. The van der Waals surface area contributed by atoms with Crippen LogP contribution in [0, 0.1) is 0 Å². The lowest BCUT2D eigenvalue weighted by Gasteiger charge is -2.37. The average Bonchev–Trinajstić information content (AvgIpc) is 3.26. The molecule has 2 aromatic heterocycles. The molecule has 3 aromatic rings. The number of benzene rings is 1. The number of carbonyl (C=O) groups is 2. The van der Waals surface area contributed by atoms with Gasteiger partial charge in [0.15, 0.2) is 0 Å². The van der Waals surface area contributed by atoms with Gasteiger partial charge in [0.25, 0.3) is 11.5 Å². The molecule has 0 fully saturated rings. The van der Waals surface area contributed by atoms with E-state index in [9.17, 15) is 14.4 Å². The van der Waals surface area contributed by atoms with E-state index in [0.29, 0.717) is 40.3 Å². The van der Waals surface area contributed by atoms with Crippen molar-refractivity contribution in [3.63, 3.8) is 0 Å². The van der Waals surface area contributed by atoms with Crippen LogP contribution in [-0.4, -0.2) is 38.9 Å². The molecular formula is C25H23N5O3S2. The number of hydrogen-bond acceptors (Lipinski definition) is 8. The molecule has 0 saturated carbocycles. The molecule has 0 saturated heterocycles. The van der Waals surface area contributed by atoms with Crippen LogP contribution in [-0.2, 0) is 30.7 Å². The van der Waals surface area contributed by atoms with E-state index in [0.717, 1.165) is 52.5 Å². The second-order valence-corrected chi connectivity index (χ2v) is 11.3. The van der Waals surface area contributed by atoms with E-state index >= 15 is 0 Å². The minimum absolute atomic E-state index is 0.0290. The van der Waals surface area contributed by atoms with Crippen molar-refractivity contribution in [1.82, 2.24) is 20.2 Å². The Hall–Kier alpha value is -3.37. The van der Waals surface area contributed by atoms with Gasteiger partial charge in [0.2, 0.25) is 11.6 Å². The highest BCUT2D eigenvalue weighted by Gasteiger charge is 2.35. The van der Waals surface area contributed by atoms with E-state index in [1.807, 2.05) is 17.0 Å². The monoisotopic (exact) mass is 505 g/mol. The van der Waals surface area contributed by atoms with Gasteiger partial charge in [-0.1, -0.05) is 24.8 Å². The lowest BCUT2D eigenvalue weighted by atomic mass is 9.89. The van der Waals surface area contributed by atoms with Crippen molar-refractivity contribution in [1.29, 1.82) is 0 Å². The number of nitrogens with one attached hydrogen (secondary N) is 2. The molecule has 0 spiro atoms. The predicted molar refractivity (Wildman–Crippen MR) is 136 cm³/mol. The Balaban J connectivity index is 1.18. The summed E-state index contributed by atoms with van der Waals surface area (Å²) >= 11 is 3.24. The molecule has 6 rings (SSSR count). The van der Waals surface area contributed by atoms with Crippen molar-refractivity contribution in [2.75, 3.05) is 12.3 Å². The molecule has 178 valence electrons. The molecular weight excluding hydrogens is 482 g/mol. The van der Waals surface area contributed by atoms with Gasteiger partial charge in [-0.2, -0.15) is 0 Å². The fourth-order valence-electron chi connectivity index (χ4n) is 4.87. The first-order valence-electron chi connectivity index (χ1n) is 11.5. The molecule has 1 aliphatic carbocycles. The van der Waals surface area contributed by atoms with Gasteiger partial charge in [0, 0.05) is 25.2 Å². The molecule has 3 aliphatic rings. The van der Waals surface area contributed by atoms with Crippen LogP contribution in [0.25, 0.3) is 10.2 Å². The van der Waals surface area contributed by atoms with Crippen LogP contribution in [0.4, 0.5) is 0 Å². The molecule has 8 nitrogen and oxygen atoms in total. The average molecular weight is 506 g/mol. The molecule has 0 unspecified atom stereocenters. The van der Waals surface area contributed by atoms with E-state index in [1.54, 1.807) is 11.8 Å². The summed E-state index contributed by atoms with van der Waals surface area (Å²) in [6, 6.07) is 6.09.